The summed E-state index contributed by atoms with van der Waals surface area (Å²) in [5.41, 5.74) is -0.402. The molecular formula is C13H26N2O2. The lowest BCUT2D eigenvalue weighted by molar-refractivity contribution is 0.00417. The molecule has 1 atom stereocenters. The van der Waals surface area contributed by atoms with Gasteiger partial charge in [-0.25, -0.2) is 4.79 Å². The summed E-state index contributed by atoms with van der Waals surface area (Å²) in [6.07, 6.45) is 0.902. The van der Waals surface area contributed by atoms with E-state index in [4.69, 9.17) is 4.74 Å². The van der Waals surface area contributed by atoms with E-state index in [9.17, 15) is 4.79 Å². The van der Waals surface area contributed by atoms with Crippen molar-refractivity contribution in [3.63, 3.8) is 0 Å². The molecule has 0 aliphatic carbocycles. The number of likely N-dealkylation sites (N-methyl/N-ethyl adjacent to an activating group) is 1. The van der Waals surface area contributed by atoms with E-state index in [1.54, 1.807) is 0 Å². The van der Waals surface area contributed by atoms with Crippen LogP contribution in [0, 0.1) is 0 Å². The lowest BCUT2D eigenvalue weighted by Crippen LogP contribution is -2.55. The Morgan fingerprint density at radius 1 is 1.29 bits per heavy atom. The zero-order valence-corrected chi connectivity index (χ0v) is 11.8. The van der Waals surface area contributed by atoms with Crippen LogP contribution < -0.4 is 0 Å². The van der Waals surface area contributed by atoms with Gasteiger partial charge < -0.3 is 9.64 Å². The van der Waals surface area contributed by atoms with Gasteiger partial charge in [-0.1, -0.05) is 13.8 Å². The zero-order valence-electron chi connectivity index (χ0n) is 11.8. The van der Waals surface area contributed by atoms with Crippen LogP contribution in [0.5, 0.6) is 0 Å². The lowest BCUT2D eigenvalue weighted by atomic mass is 10.1. The Bertz CT molecular complexity index is 261. The Balaban J connectivity index is 2.54. The first-order chi connectivity index (χ1) is 7.87. The summed E-state index contributed by atoms with van der Waals surface area (Å²) in [6.45, 7) is 13.6. The number of carbonyl (C=O) groups excluding carboxylic acids is 1. The molecule has 0 radical (unpaired) electrons. The van der Waals surface area contributed by atoms with E-state index in [2.05, 4.69) is 18.7 Å². The van der Waals surface area contributed by atoms with E-state index >= 15 is 0 Å². The third-order valence-electron chi connectivity index (χ3n) is 3.13. The summed E-state index contributed by atoms with van der Waals surface area (Å²) in [4.78, 5) is 16.2. The van der Waals surface area contributed by atoms with Crippen LogP contribution in [0.1, 0.15) is 41.0 Å². The molecule has 100 valence electrons. The van der Waals surface area contributed by atoms with E-state index in [0.29, 0.717) is 6.04 Å². The van der Waals surface area contributed by atoms with Crippen LogP contribution in [0.3, 0.4) is 0 Å². The van der Waals surface area contributed by atoms with Crippen LogP contribution in [0.15, 0.2) is 0 Å². The molecule has 1 saturated heterocycles. The van der Waals surface area contributed by atoms with Crippen molar-refractivity contribution in [1.82, 2.24) is 9.80 Å². The normalized spacial score (nSPS) is 22.6. The molecule has 1 aliphatic heterocycles. The molecular weight excluding hydrogens is 216 g/mol. The molecule has 17 heavy (non-hydrogen) atoms. The second-order valence-corrected chi connectivity index (χ2v) is 5.62. The van der Waals surface area contributed by atoms with Crippen molar-refractivity contribution >= 4 is 6.09 Å². The maximum absolute atomic E-state index is 12.0. The molecule has 1 aliphatic rings. The minimum atomic E-state index is -0.402. The minimum absolute atomic E-state index is 0.174. The van der Waals surface area contributed by atoms with Gasteiger partial charge >= 0.3 is 6.09 Å². The van der Waals surface area contributed by atoms with Crippen molar-refractivity contribution < 1.29 is 9.53 Å². The van der Waals surface area contributed by atoms with Crippen LogP contribution in [0.4, 0.5) is 4.79 Å². The number of ether oxygens (including phenoxy) is 1. The average Bonchev–Trinajstić information content (AvgIpc) is 2.25. The van der Waals surface area contributed by atoms with Crippen molar-refractivity contribution in [1.29, 1.82) is 0 Å². The maximum atomic E-state index is 12.0. The summed E-state index contributed by atoms with van der Waals surface area (Å²) in [5, 5.41) is 0. The molecule has 1 rings (SSSR count). The van der Waals surface area contributed by atoms with E-state index in [-0.39, 0.29) is 6.09 Å². The van der Waals surface area contributed by atoms with Crippen LogP contribution in [0.2, 0.25) is 0 Å². The Labute approximate surface area is 105 Å². The monoisotopic (exact) mass is 242 g/mol. The van der Waals surface area contributed by atoms with Gasteiger partial charge in [0.2, 0.25) is 0 Å². The minimum Gasteiger partial charge on any atom is -0.444 e. The number of amides is 1. The third kappa shape index (κ3) is 4.19. The predicted molar refractivity (Wildman–Crippen MR) is 69.1 cm³/mol. The fraction of sp³-hybridized carbons (Fsp3) is 0.923. The Kier molecular flexibility index (Phi) is 4.80. The number of nitrogens with zero attached hydrogens (tertiary/aromatic N) is 2. The molecule has 0 N–H and O–H groups in total. The summed E-state index contributed by atoms with van der Waals surface area (Å²) in [5.74, 6) is 0. The molecule has 1 unspecified atom stereocenters. The van der Waals surface area contributed by atoms with Gasteiger partial charge in [-0.15, -0.1) is 0 Å². The van der Waals surface area contributed by atoms with Crippen molar-refractivity contribution in [3.8, 4) is 0 Å². The van der Waals surface area contributed by atoms with Crippen LogP contribution in [0.25, 0.3) is 0 Å². The standard InChI is InChI=1S/C13H26N2O2/c1-6-11-10-15(9-8-14(11)7-2)12(16)17-13(3,4)5/h11H,6-10H2,1-5H3. The van der Waals surface area contributed by atoms with Crippen molar-refractivity contribution in [2.45, 2.75) is 52.7 Å². The van der Waals surface area contributed by atoms with Crippen molar-refractivity contribution in [2.75, 3.05) is 26.2 Å². The van der Waals surface area contributed by atoms with Gasteiger partial charge in [0.05, 0.1) is 0 Å². The van der Waals surface area contributed by atoms with Gasteiger partial charge in [-0.05, 0) is 33.7 Å². The molecule has 0 saturated carbocycles. The highest BCUT2D eigenvalue weighted by molar-refractivity contribution is 5.68. The van der Waals surface area contributed by atoms with E-state index in [1.807, 2.05) is 25.7 Å². The quantitative estimate of drug-likeness (QED) is 0.745. The van der Waals surface area contributed by atoms with Gasteiger partial charge in [0.25, 0.3) is 0 Å². The number of piperazine rings is 1. The molecule has 0 aromatic carbocycles. The second kappa shape index (κ2) is 5.71. The zero-order chi connectivity index (χ0) is 13.1. The van der Waals surface area contributed by atoms with Crippen molar-refractivity contribution in [2.24, 2.45) is 0 Å². The lowest BCUT2D eigenvalue weighted by Gasteiger charge is -2.40. The first-order valence-electron chi connectivity index (χ1n) is 6.59. The number of hydrogen-bond acceptors (Lipinski definition) is 3. The van der Waals surface area contributed by atoms with Gasteiger partial charge in [0.15, 0.2) is 0 Å². The first kappa shape index (κ1) is 14.3. The van der Waals surface area contributed by atoms with E-state index in [0.717, 1.165) is 32.6 Å². The molecule has 4 heteroatoms. The summed E-state index contributed by atoms with van der Waals surface area (Å²) >= 11 is 0. The summed E-state index contributed by atoms with van der Waals surface area (Å²) in [7, 11) is 0. The Hall–Kier alpha value is -0.770. The first-order valence-corrected chi connectivity index (χ1v) is 6.59. The predicted octanol–water partition coefficient (Wildman–Crippen LogP) is 2.34. The third-order valence-corrected chi connectivity index (χ3v) is 3.13. The topological polar surface area (TPSA) is 32.8 Å². The fourth-order valence-electron chi connectivity index (χ4n) is 2.19. The molecule has 1 amide bonds. The fourth-order valence-corrected chi connectivity index (χ4v) is 2.19. The molecule has 0 aromatic heterocycles. The Morgan fingerprint density at radius 2 is 1.94 bits per heavy atom. The largest absolute Gasteiger partial charge is 0.444 e. The highest BCUT2D eigenvalue weighted by Gasteiger charge is 2.30. The Morgan fingerprint density at radius 3 is 2.41 bits per heavy atom. The summed E-state index contributed by atoms with van der Waals surface area (Å²) < 4.78 is 5.41. The molecule has 0 aromatic rings. The van der Waals surface area contributed by atoms with Crippen LogP contribution in [-0.4, -0.2) is 53.7 Å². The smallest absolute Gasteiger partial charge is 0.410 e. The van der Waals surface area contributed by atoms with Gasteiger partial charge in [0.1, 0.15) is 5.60 Å². The average molecular weight is 242 g/mol. The molecule has 4 nitrogen and oxygen atoms in total. The number of hydrogen-bond donors (Lipinski definition) is 0. The molecule has 0 bridgehead atoms. The summed E-state index contributed by atoms with van der Waals surface area (Å²) in [6, 6.07) is 0.473. The van der Waals surface area contributed by atoms with Crippen LogP contribution in [-0.2, 0) is 4.74 Å². The number of rotatable bonds is 2. The van der Waals surface area contributed by atoms with Crippen molar-refractivity contribution in [3.05, 3.63) is 0 Å². The van der Waals surface area contributed by atoms with E-state index in [1.165, 1.54) is 0 Å². The second-order valence-electron chi connectivity index (χ2n) is 5.62. The van der Waals surface area contributed by atoms with Gasteiger partial charge in [-0.3, -0.25) is 4.90 Å². The van der Waals surface area contributed by atoms with Gasteiger partial charge in [0, 0.05) is 25.7 Å². The van der Waals surface area contributed by atoms with Gasteiger partial charge in [-0.2, -0.15) is 0 Å². The molecule has 1 fully saturated rings. The molecule has 0 spiro atoms. The number of carbonyl (C=O) groups is 1. The highest BCUT2D eigenvalue weighted by Crippen LogP contribution is 2.16. The maximum Gasteiger partial charge on any atom is 0.410 e. The van der Waals surface area contributed by atoms with E-state index < -0.39 is 5.60 Å². The molecule has 1 heterocycles. The SMILES string of the molecule is CCC1CN(C(=O)OC(C)(C)C)CCN1CC. The van der Waals surface area contributed by atoms with Crippen LogP contribution >= 0.6 is 0 Å². The highest BCUT2D eigenvalue weighted by atomic mass is 16.6.